The highest BCUT2D eigenvalue weighted by molar-refractivity contribution is 5.49. The Morgan fingerprint density at radius 3 is 2.67 bits per heavy atom. The number of rotatable bonds is 5. The molecule has 3 nitrogen and oxygen atoms in total. The third kappa shape index (κ3) is 2.57. The van der Waals surface area contributed by atoms with Crippen molar-refractivity contribution in [2.75, 3.05) is 13.2 Å². The molecule has 0 saturated carbocycles. The van der Waals surface area contributed by atoms with Crippen LogP contribution in [0.3, 0.4) is 0 Å². The molecule has 12 heavy (non-hydrogen) atoms. The van der Waals surface area contributed by atoms with Crippen LogP contribution in [0.5, 0.6) is 0 Å². The molecule has 1 aliphatic rings. The van der Waals surface area contributed by atoms with Crippen LogP contribution in [0.4, 0.5) is 0 Å². The summed E-state index contributed by atoms with van der Waals surface area (Å²) < 4.78 is 10.7. The topological polar surface area (TPSA) is 35.5 Å². The summed E-state index contributed by atoms with van der Waals surface area (Å²) in [6.45, 7) is 3.49. The van der Waals surface area contributed by atoms with Crippen LogP contribution in [0.2, 0.25) is 0 Å². The van der Waals surface area contributed by atoms with Gasteiger partial charge in [0.15, 0.2) is 6.29 Å². The maximum atomic E-state index is 10.2. The fourth-order valence-electron chi connectivity index (χ4n) is 1.46. The van der Waals surface area contributed by atoms with Crippen LogP contribution < -0.4 is 0 Å². The minimum absolute atomic E-state index is 0.0602. The van der Waals surface area contributed by atoms with Gasteiger partial charge in [-0.1, -0.05) is 6.92 Å². The summed E-state index contributed by atoms with van der Waals surface area (Å²) in [6, 6.07) is 0. The lowest BCUT2D eigenvalue weighted by Gasteiger charge is -2.19. The van der Waals surface area contributed by atoms with Gasteiger partial charge in [-0.15, -0.1) is 0 Å². The summed E-state index contributed by atoms with van der Waals surface area (Å²) in [4.78, 5) is 10.2. The van der Waals surface area contributed by atoms with Crippen LogP contribution in [0, 0.1) is 5.92 Å². The van der Waals surface area contributed by atoms with Crippen molar-refractivity contribution in [3.63, 3.8) is 0 Å². The van der Waals surface area contributed by atoms with Gasteiger partial charge in [0.05, 0.1) is 13.2 Å². The summed E-state index contributed by atoms with van der Waals surface area (Å²) in [7, 11) is 0. The van der Waals surface area contributed by atoms with E-state index in [1.54, 1.807) is 0 Å². The van der Waals surface area contributed by atoms with E-state index in [0.29, 0.717) is 25.6 Å². The van der Waals surface area contributed by atoms with Crippen molar-refractivity contribution in [1.82, 2.24) is 0 Å². The minimum Gasteiger partial charge on any atom is -0.350 e. The molecule has 1 rings (SSSR count). The van der Waals surface area contributed by atoms with Crippen LogP contribution in [-0.2, 0) is 14.3 Å². The summed E-state index contributed by atoms with van der Waals surface area (Å²) >= 11 is 0. The van der Waals surface area contributed by atoms with Gasteiger partial charge in [0.1, 0.15) is 6.29 Å². The maximum Gasteiger partial charge on any atom is 0.160 e. The molecule has 0 aromatic heterocycles. The molecular formula is C9H16O3. The van der Waals surface area contributed by atoms with E-state index in [9.17, 15) is 4.79 Å². The van der Waals surface area contributed by atoms with Crippen LogP contribution in [0.1, 0.15) is 26.2 Å². The Balaban J connectivity index is 2.27. The van der Waals surface area contributed by atoms with Crippen molar-refractivity contribution in [3.8, 4) is 0 Å². The Morgan fingerprint density at radius 2 is 2.17 bits per heavy atom. The molecule has 0 aromatic rings. The molecule has 1 saturated heterocycles. The zero-order valence-corrected chi connectivity index (χ0v) is 7.49. The summed E-state index contributed by atoms with van der Waals surface area (Å²) in [6.07, 6.45) is 3.40. The lowest BCUT2D eigenvalue weighted by Crippen LogP contribution is -2.20. The molecule has 1 atom stereocenters. The Morgan fingerprint density at radius 1 is 1.50 bits per heavy atom. The van der Waals surface area contributed by atoms with Crippen LogP contribution in [0.15, 0.2) is 0 Å². The van der Waals surface area contributed by atoms with Crippen molar-refractivity contribution in [2.24, 2.45) is 5.92 Å². The van der Waals surface area contributed by atoms with Crippen molar-refractivity contribution in [1.29, 1.82) is 0 Å². The molecule has 0 aliphatic carbocycles. The maximum absolute atomic E-state index is 10.2. The SMILES string of the molecule is CCC(CCC=O)C1OCCO1. The molecule has 0 radical (unpaired) electrons. The van der Waals surface area contributed by atoms with Gasteiger partial charge in [-0.05, 0) is 12.8 Å². The van der Waals surface area contributed by atoms with E-state index in [0.717, 1.165) is 19.1 Å². The third-order valence-electron chi connectivity index (χ3n) is 2.21. The molecule has 1 fully saturated rings. The van der Waals surface area contributed by atoms with Crippen LogP contribution >= 0.6 is 0 Å². The standard InChI is InChI=1S/C9H16O3/c1-2-8(4-3-5-10)9-11-6-7-12-9/h5,8-9H,2-4,6-7H2,1H3. The number of carbonyl (C=O) groups excluding carboxylic acids is 1. The summed E-state index contributed by atoms with van der Waals surface area (Å²) in [5.74, 6) is 0.387. The molecule has 0 bridgehead atoms. The van der Waals surface area contributed by atoms with E-state index >= 15 is 0 Å². The largest absolute Gasteiger partial charge is 0.350 e. The van der Waals surface area contributed by atoms with E-state index in [1.807, 2.05) is 0 Å². The molecule has 1 aliphatic heterocycles. The van der Waals surface area contributed by atoms with Gasteiger partial charge in [-0.25, -0.2) is 0 Å². The van der Waals surface area contributed by atoms with E-state index in [-0.39, 0.29) is 6.29 Å². The third-order valence-corrected chi connectivity index (χ3v) is 2.21. The lowest BCUT2D eigenvalue weighted by molar-refractivity contribution is -0.110. The second-order valence-corrected chi connectivity index (χ2v) is 3.02. The highest BCUT2D eigenvalue weighted by atomic mass is 16.7. The van der Waals surface area contributed by atoms with Crippen LogP contribution in [0.25, 0.3) is 0 Å². The fraction of sp³-hybridized carbons (Fsp3) is 0.889. The molecule has 1 unspecified atom stereocenters. The molecule has 0 spiro atoms. The summed E-state index contributed by atoms with van der Waals surface area (Å²) in [5.41, 5.74) is 0. The smallest absolute Gasteiger partial charge is 0.160 e. The Kier molecular flexibility index (Phi) is 4.25. The van der Waals surface area contributed by atoms with Gasteiger partial charge >= 0.3 is 0 Å². The minimum atomic E-state index is -0.0602. The number of aldehydes is 1. The predicted molar refractivity (Wildman–Crippen MR) is 44.8 cm³/mol. The van der Waals surface area contributed by atoms with Crippen molar-refractivity contribution in [2.45, 2.75) is 32.5 Å². The normalized spacial score (nSPS) is 21.1. The van der Waals surface area contributed by atoms with Gasteiger partial charge in [-0.3, -0.25) is 0 Å². The Labute approximate surface area is 73.0 Å². The number of hydrogen-bond donors (Lipinski definition) is 0. The molecule has 0 amide bonds. The molecule has 1 heterocycles. The zero-order chi connectivity index (χ0) is 8.81. The van der Waals surface area contributed by atoms with E-state index in [4.69, 9.17) is 9.47 Å². The fourth-order valence-corrected chi connectivity index (χ4v) is 1.46. The zero-order valence-electron chi connectivity index (χ0n) is 7.49. The number of ether oxygens (including phenoxy) is 2. The second-order valence-electron chi connectivity index (χ2n) is 3.02. The van der Waals surface area contributed by atoms with Gasteiger partial charge in [-0.2, -0.15) is 0 Å². The Hall–Kier alpha value is -0.410. The molecule has 0 N–H and O–H groups in total. The predicted octanol–water partition coefficient (Wildman–Crippen LogP) is 1.36. The highest BCUT2D eigenvalue weighted by Gasteiger charge is 2.24. The lowest BCUT2D eigenvalue weighted by atomic mass is 10.0. The van der Waals surface area contributed by atoms with Crippen molar-refractivity contribution >= 4 is 6.29 Å². The van der Waals surface area contributed by atoms with Gasteiger partial charge in [0.2, 0.25) is 0 Å². The molecule has 70 valence electrons. The first kappa shape index (κ1) is 9.68. The van der Waals surface area contributed by atoms with Gasteiger partial charge < -0.3 is 14.3 Å². The van der Waals surface area contributed by atoms with Crippen LogP contribution in [-0.4, -0.2) is 25.8 Å². The first-order chi connectivity index (χ1) is 5.88. The second kappa shape index (κ2) is 5.27. The highest BCUT2D eigenvalue weighted by Crippen LogP contribution is 2.21. The molecule has 3 heteroatoms. The number of carbonyl (C=O) groups is 1. The quantitative estimate of drug-likeness (QED) is 0.587. The first-order valence-corrected chi connectivity index (χ1v) is 4.55. The first-order valence-electron chi connectivity index (χ1n) is 4.55. The van der Waals surface area contributed by atoms with Crippen molar-refractivity contribution in [3.05, 3.63) is 0 Å². The molecule has 0 aromatic carbocycles. The average molecular weight is 172 g/mol. The van der Waals surface area contributed by atoms with Gasteiger partial charge in [0.25, 0.3) is 0 Å². The van der Waals surface area contributed by atoms with E-state index in [1.165, 1.54) is 0 Å². The monoisotopic (exact) mass is 172 g/mol. The Bertz CT molecular complexity index is 130. The van der Waals surface area contributed by atoms with Gasteiger partial charge in [0, 0.05) is 12.3 Å². The van der Waals surface area contributed by atoms with Crippen molar-refractivity contribution < 1.29 is 14.3 Å². The summed E-state index contributed by atoms with van der Waals surface area (Å²) in [5, 5.41) is 0. The number of hydrogen-bond acceptors (Lipinski definition) is 3. The van der Waals surface area contributed by atoms with E-state index in [2.05, 4.69) is 6.92 Å². The molecular weight excluding hydrogens is 156 g/mol. The average Bonchev–Trinajstić information content (AvgIpc) is 2.59. The van der Waals surface area contributed by atoms with E-state index < -0.39 is 0 Å².